The number of alkyl carbamates (subject to hydrolysis) is 1. The van der Waals surface area contributed by atoms with Gasteiger partial charge in [-0.3, -0.25) is 0 Å². The number of ether oxygens (including phenoxy) is 1. The molecule has 5 heteroatoms. The zero-order valence-electron chi connectivity index (χ0n) is 13.6. The third-order valence-corrected chi connectivity index (χ3v) is 5.29. The van der Waals surface area contributed by atoms with Crippen molar-refractivity contribution in [1.29, 1.82) is 0 Å². The topological polar surface area (TPSA) is 50.4 Å². The van der Waals surface area contributed by atoms with Crippen LogP contribution in [0.15, 0.2) is 0 Å². The monoisotopic (exact) mass is 314 g/mol. The van der Waals surface area contributed by atoms with Crippen LogP contribution in [0.2, 0.25) is 0 Å². The Balaban J connectivity index is 1.72. The average Bonchev–Trinajstić information content (AvgIpc) is 2.83. The molecule has 2 atom stereocenters. The van der Waals surface area contributed by atoms with Gasteiger partial charge in [-0.2, -0.15) is 11.8 Å². The minimum atomic E-state index is -0.419. The summed E-state index contributed by atoms with van der Waals surface area (Å²) in [7, 11) is 0. The van der Waals surface area contributed by atoms with E-state index in [1.54, 1.807) is 0 Å². The highest BCUT2D eigenvalue weighted by atomic mass is 32.2. The van der Waals surface area contributed by atoms with Crippen LogP contribution < -0.4 is 10.6 Å². The quantitative estimate of drug-likeness (QED) is 0.837. The van der Waals surface area contributed by atoms with Crippen molar-refractivity contribution in [1.82, 2.24) is 10.6 Å². The van der Waals surface area contributed by atoms with Crippen LogP contribution in [0.25, 0.3) is 0 Å². The number of amides is 1. The predicted molar refractivity (Wildman–Crippen MR) is 88.8 cm³/mol. The van der Waals surface area contributed by atoms with Gasteiger partial charge in [0.15, 0.2) is 0 Å². The van der Waals surface area contributed by atoms with E-state index < -0.39 is 5.60 Å². The molecule has 0 aromatic heterocycles. The summed E-state index contributed by atoms with van der Waals surface area (Å²) < 4.78 is 5.31. The average molecular weight is 314 g/mol. The first-order valence-electron chi connectivity index (χ1n) is 8.25. The van der Waals surface area contributed by atoms with E-state index in [1.807, 2.05) is 20.8 Å². The molecule has 0 aromatic rings. The van der Waals surface area contributed by atoms with Gasteiger partial charge in [-0.1, -0.05) is 6.42 Å². The fourth-order valence-corrected chi connectivity index (χ4v) is 4.30. The van der Waals surface area contributed by atoms with Gasteiger partial charge in [0.1, 0.15) is 5.60 Å². The molecule has 2 rings (SSSR count). The fraction of sp³-hybridized carbons (Fsp3) is 0.938. The molecule has 2 unspecified atom stereocenters. The summed E-state index contributed by atoms with van der Waals surface area (Å²) in [5, 5.41) is 6.78. The van der Waals surface area contributed by atoms with E-state index in [0.29, 0.717) is 18.0 Å². The second-order valence-electron chi connectivity index (χ2n) is 7.23. The first-order chi connectivity index (χ1) is 9.94. The Hall–Kier alpha value is -0.420. The fourth-order valence-electron chi connectivity index (χ4n) is 3.20. The van der Waals surface area contributed by atoms with E-state index >= 15 is 0 Å². The van der Waals surface area contributed by atoms with Crippen molar-refractivity contribution in [2.45, 2.75) is 70.6 Å². The van der Waals surface area contributed by atoms with E-state index in [-0.39, 0.29) is 6.09 Å². The van der Waals surface area contributed by atoms with Crippen LogP contribution in [-0.4, -0.2) is 41.8 Å². The van der Waals surface area contributed by atoms with Crippen molar-refractivity contribution in [2.75, 3.05) is 18.1 Å². The maximum absolute atomic E-state index is 11.8. The molecule has 1 saturated heterocycles. The molecule has 0 bridgehead atoms. The van der Waals surface area contributed by atoms with Crippen molar-refractivity contribution in [3.8, 4) is 0 Å². The molecule has 1 heterocycles. The first kappa shape index (κ1) is 16.9. The highest BCUT2D eigenvalue weighted by Gasteiger charge is 2.30. The number of thioether (sulfide) groups is 1. The number of hydrogen-bond donors (Lipinski definition) is 2. The molecule has 1 amide bonds. The Kier molecular flexibility index (Phi) is 6.23. The van der Waals surface area contributed by atoms with Crippen LogP contribution in [0.1, 0.15) is 52.9 Å². The molecule has 2 N–H and O–H groups in total. The van der Waals surface area contributed by atoms with Crippen molar-refractivity contribution in [3.05, 3.63) is 0 Å². The van der Waals surface area contributed by atoms with Crippen molar-refractivity contribution in [2.24, 2.45) is 5.92 Å². The van der Waals surface area contributed by atoms with Gasteiger partial charge in [-0.25, -0.2) is 4.79 Å². The minimum absolute atomic E-state index is 0.290. The molecule has 1 aliphatic carbocycles. The largest absolute Gasteiger partial charge is 0.444 e. The summed E-state index contributed by atoms with van der Waals surface area (Å²) in [4.78, 5) is 11.8. The second-order valence-corrected chi connectivity index (χ2v) is 8.46. The standard InChI is InChI=1S/C16H30N2O2S/c1-16(2,3)20-15(19)17-11-12-5-4-6-14(12)18-13-7-9-21-10-8-13/h12-14,18H,4-11H2,1-3H3,(H,17,19). The van der Waals surface area contributed by atoms with Crippen molar-refractivity contribution in [3.63, 3.8) is 0 Å². The lowest BCUT2D eigenvalue weighted by molar-refractivity contribution is 0.0517. The van der Waals surface area contributed by atoms with E-state index in [0.717, 1.165) is 6.54 Å². The van der Waals surface area contributed by atoms with Gasteiger partial charge in [0, 0.05) is 18.6 Å². The van der Waals surface area contributed by atoms with Crippen LogP contribution in [0.5, 0.6) is 0 Å². The van der Waals surface area contributed by atoms with E-state index in [2.05, 4.69) is 22.4 Å². The van der Waals surface area contributed by atoms with E-state index in [4.69, 9.17) is 4.74 Å². The zero-order chi connectivity index (χ0) is 15.3. The van der Waals surface area contributed by atoms with Crippen molar-refractivity contribution >= 4 is 17.9 Å². The molecule has 4 nitrogen and oxygen atoms in total. The SMILES string of the molecule is CC(C)(C)OC(=O)NCC1CCCC1NC1CCSCC1. The Labute approximate surface area is 133 Å². The lowest BCUT2D eigenvalue weighted by Crippen LogP contribution is -2.45. The van der Waals surface area contributed by atoms with Gasteiger partial charge in [0.25, 0.3) is 0 Å². The van der Waals surface area contributed by atoms with Crippen LogP contribution in [0, 0.1) is 5.92 Å². The first-order valence-corrected chi connectivity index (χ1v) is 9.40. The maximum Gasteiger partial charge on any atom is 0.407 e. The third-order valence-electron chi connectivity index (χ3n) is 4.24. The Bertz CT molecular complexity index is 338. The van der Waals surface area contributed by atoms with Gasteiger partial charge in [-0.05, 0) is 63.9 Å². The third kappa shape index (κ3) is 6.07. The summed E-state index contributed by atoms with van der Waals surface area (Å²) in [5.74, 6) is 3.11. The van der Waals surface area contributed by atoms with Crippen LogP contribution in [-0.2, 0) is 4.74 Å². The highest BCUT2D eigenvalue weighted by molar-refractivity contribution is 7.99. The van der Waals surface area contributed by atoms with Gasteiger partial charge in [0.05, 0.1) is 0 Å². The molecule has 2 fully saturated rings. The molecule has 122 valence electrons. The Morgan fingerprint density at radius 1 is 1.19 bits per heavy atom. The smallest absolute Gasteiger partial charge is 0.407 e. The Morgan fingerprint density at radius 3 is 2.57 bits per heavy atom. The highest BCUT2D eigenvalue weighted by Crippen LogP contribution is 2.27. The Morgan fingerprint density at radius 2 is 1.90 bits per heavy atom. The van der Waals surface area contributed by atoms with Gasteiger partial charge >= 0.3 is 6.09 Å². The summed E-state index contributed by atoms with van der Waals surface area (Å²) in [6, 6.07) is 1.24. The molecule has 1 aliphatic heterocycles. The van der Waals surface area contributed by atoms with Gasteiger partial charge in [0.2, 0.25) is 0 Å². The molecule has 2 aliphatic rings. The second kappa shape index (κ2) is 7.73. The van der Waals surface area contributed by atoms with Crippen LogP contribution in [0.3, 0.4) is 0 Å². The summed E-state index contributed by atoms with van der Waals surface area (Å²) in [5.41, 5.74) is -0.419. The minimum Gasteiger partial charge on any atom is -0.444 e. The molecule has 0 aromatic carbocycles. The predicted octanol–water partition coefficient (Wildman–Crippen LogP) is 3.17. The molecule has 1 saturated carbocycles. The lowest BCUT2D eigenvalue weighted by Gasteiger charge is -2.29. The molecule has 0 radical (unpaired) electrons. The van der Waals surface area contributed by atoms with E-state index in [9.17, 15) is 4.79 Å². The number of carbonyl (C=O) groups is 1. The van der Waals surface area contributed by atoms with Gasteiger partial charge in [-0.15, -0.1) is 0 Å². The number of carbonyl (C=O) groups excluding carboxylic acids is 1. The summed E-state index contributed by atoms with van der Waals surface area (Å²) in [6.45, 7) is 6.42. The van der Waals surface area contributed by atoms with E-state index in [1.165, 1.54) is 43.6 Å². The molecular weight excluding hydrogens is 284 g/mol. The van der Waals surface area contributed by atoms with Gasteiger partial charge < -0.3 is 15.4 Å². The molecule has 0 spiro atoms. The number of rotatable bonds is 4. The molecule has 21 heavy (non-hydrogen) atoms. The summed E-state index contributed by atoms with van der Waals surface area (Å²) >= 11 is 2.06. The number of hydrogen-bond acceptors (Lipinski definition) is 4. The maximum atomic E-state index is 11.8. The van der Waals surface area contributed by atoms with Crippen LogP contribution >= 0.6 is 11.8 Å². The number of nitrogens with one attached hydrogen (secondary N) is 2. The summed E-state index contributed by atoms with van der Waals surface area (Å²) in [6.07, 6.45) is 5.99. The normalized spacial score (nSPS) is 27.6. The molecular formula is C16H30N2O2S. The lowest BCUT2D eigenvalue weighted by atomic mass is 10.0. The van der Waals surface area contributed by atoms with Crippen molar-refractivity contribution < 1.29 is 9.53 Å². The zero-order valence-corrected chi connectivity index (χ0v) is 14.4. The van der Waals surface area contributed by atoms with Crippen LogP contribution in [0.4, 0.5) is 4.79 Å².